The first-order chi connectivity index (χ1) is 13.0. The van der Waals surface area contributed by atoms with Crippen molar-refractivity contribution in [2.45, 2.75) is 53.6 Å². The van der Waals surface area contributed by atoms with Gasteiger partial charge in [0.1, 0.15) is 29.6 Å². The molecule has 0 bridgehead atoms. The second-order valence-corrected chi connectivity index (χ2v) is 8.29. The number of rotatable bonds is 3. The Morgan fingerprint density at radius 2 is 1.79 bits per heavy atom. The third kappa shape index (κ3) is 3.46. The highest BCUT2D eigenvalue weighted by Crippen LogP contribution is 2.28. The maximum absolute atomic E-state index is 12.8. The molecule has 0 unspecified atom stereocenters. The van der Waals surface area contributed by atoms with E-state index in [-0.39, 0.29) is 34.2 Å². The summed E-state index contributed by atoms with van der Waals surface area (Å²) in [6.45, 7) is 12.3. The molecule has 0 fully saturated rings. The Morgan fingerprint density at radius 1 is 1.18 bits per heavy atom. The summed E-state index contributed by atoms with van der Waals surface area (Å²) < 4.78 is 12.4. The van der Waals surface area contributed by atoms with Crippen molar-refractivity contribution in [3.05, 3.63) is 62.4 Å². The molecule has 2 aromatic heterocycles. The fourth-order valence-electron chi connectivity index (χ4n) is 3.30. The third-order valence-electron chi connectivity index (χ3n) is 5.06. The second kappa shape index (κ2) is 6.93. The topological polar surface area (TPSA) is 74.3 Å². The lowest BCUT2D eigenvalue weighted by molar-refractivity contribution is 0.0471. The number of carbonyl (C=O) groups excluding carboxylic acids is 1. The molecule has 0 radical (unpaired) electrons. The molecule has 6 heteroatoms. The SMILES string of the molecule is Cc1cc(C(C)(C)C)cc(C)c1COC(=O)c1c(C)oc2ncn(C)c(=O)c12. The predicted octanol–water partition coefficient (Wildman–Crippen LogP) is 4.11. The van der Waals surface area contributed by atoms with Crippen LogP contribution in [0.5, 0.6) is 0 Å². The summed E-state index contributed by atoms with van der Waals surface area (Å²) in [6, 6.07) is 4.27. The van der Waals surface area contributed by atoms with E-state index in [9.17, 15) is 9.59 Å². The molecule has 0 aliphatic carbocycles. The zero-order valence-electron chi connectivity index (χ0n) is 17.5. The number of furan rings is 1. The largest absolute Gasteiger partial charge is 0.457 e. The monoisotopic (exact) mass is 382 g/mol. The van der Waals surface area contributed by atoms with Crippen LogP contribution in [0.2, 0.25) is 0 Å². The molecule has 0 aliphatic rings. The van der Waals surface area contributed by atoms with Gasteiger partial charge in [-0.25, -0.2) is 9.78 Å². The van der Waals surface area contributed by atoms with Gasteiger partial charge in [-0.1, -0.05) is 32.9 Å². The maximum Gasteiger partial charge on any atom is 0.342 e. The van der Waals surface area contributed by atoms with Gasteiger partial charge >= 0.3 is 5.97 Å². The van der Waals surface area contributed by atoms with Crippen molar-refractivity contribution >= 4 is 17.1 Å². The fourth-order valence-corrected chi connectivity index (χ4v) is 3.30. The molecule has 28 heavy (non-hydrogen) atoms. The summed E-state index contributed by atoms with van der Waals surface area (Å²) in [5.74, 6) is -0.257. The molecule has 3 rings (SSSR count). The molecule has 0 saturated carbocycles. The standard InChI is InChI=1S/C22H26N2O4/c1-12-8-15(22(4,5)6)9-13(2)16(12)10-27-21(26)17-14(3)28-19-18(17)20(25)24(7)11-23-19/h8-9,11H,10H2,1-7H3. The van der Waals surface area contributed by atoms with Gasteiger partial charge in [0.25, 0.3) is 5.56 Å². The van der Waals surface area contributed by atoms with Crippen LogP contribution in [0.25, 0.3) is 11.1 Å². The van der Waals surface area contributed by atoms with Crippen LogP contribution < -0.4 is 5.56 Å². The van der Waals surface area contributed by atoms with Gasteiger partial charge in [0.15, 0.2) is 0 Å². The van der Waals surface area contributed by atoms with E-state index in [1.165, 1.54) is 16.5 Å². The number of hydrogen-bond acceptors (Lipinski definition) is 5. The molecular weight excluding hydrogens is 356 g/mol. The average Bonchev–Trinajstić information content (AvgIpc) is 2.93. The summed E-state index contributed by atoms with van der Waals surface area (Å²) in [6.07, 6.45) is 1.37. The van der Waals surface area contributed by atoms with Crippen LogP contribution in [0.4, 0.5) is 0 Å². The molecule has 1 aromatic carbocycles. The smallest absolute Gasteiger partial charge is 0.342 e. The number of benzene rings is 1. The Kier molecular flexibility index (Phi) is 4.91. The minimum Gasteiger partial charge on any atom is -0.457 e. The zero-order valence-corrected chi connectivity index (χ0v) is 17.5. The van der Waals surface area contributed by atoms with Crippen molar-refractivity contribution in [1.29, 1.82) is 0 Å². The molecule has 6 nitrogen and oxygen atoms in total. The van der Waals surface area contributed by atoms with Gasteiger partial charge in [-0.2, -0.15) is 0 Å². The molecule has 2 heterocycles. The van der Waals surface area contributed by atoms with Crippen molar-refractivity contribution in [3.63, 3.8) is 0 Å². The second-order valence-electron chi connectivity index (χ2n) is 8.29. The van der Waals surface area contributed by atoms with Crippen molar-refractivity contribution in [2.75, 3.05) is 0 Å². The molecular formula is C22H26N2O4. The van der Waals surface area contributed by atoms with Crippen molar-refractivity contribution in [3.8, 4) is 0 Å². The Bertz CT molecular complexity index is 1110. The summed E-state index contributed by atoms with van der Waals surface area (Å²) in [5.41, 5.74) is 4.36. The van der Waals surface area contributed by atoms with Crippen molar-refractivity contribution < 1.29 is 13.9 Å². The minimum atomic E-state index is -0.583. The van der Waals surface area contributed by atoms with E-state index in [1.54, 1.807) is 14.0 Å². The molecule has 148 valence electrons. The third-order valence-corrected chi connectivity index (χ3v) is 5.06. The first-order valence-electron chi connectivity index (χ1n) is 9.23. The lowest BCUT2D eigenvalue weighted by atomic mass is 9.84. The Labute approximate surface area is 164 Å². The Hall–Kier alpha value is -2.89. The van der Waals surface area contributed by atoms with E-state index >= 15 is 0 Å². The number of esters is 1. The number of ether oxygens (including phenoxy) is 1. The fraction of sp³-hybridized carbons (Fsp3) is 0.409. The van der Waals surface area contributed by atoms with Gasteiger partial charge in [0, 0.05) is 7.05 Å². The van der Waals surface area contributed by atoms with Crippen LogP contribution in [0.1, 0.15) is 59.1 Å². The van der Waals surface area contributed by atoms with Crippen LogP contribution in [-0.4, -0.2) is 15.5 Å². The predicted molar refractivity (Wildman–Crippen MR) is 108 cm³/mol. The van der Waals surface area contributed by atoms with Crippen molar-refractivity contribution in [2.24, 2.45) is 7.05 Å². The average molecular weight is 382 g/mol. The molecule has 0 atom stereocenters. The molecule has 0 N–H and O–H groups in total. The van der Waals surface area contributed by atoms with Crippen LogP contribution in [0, 0.1) is 20.8 Å². The van der Waals surface area contributed by atoms with Gasteiger partial charge in [-0.3, -0.25) is 4.79 Å². The zero-order chi connectivity index (χ0) is 20.8. The van der Waals surface area contributed by atoms with Crippen LogP contribution in [0.15, 0.2) is 27.7 Å². The molecule has 0 spiro atoms. The van der Waals surface area contributed by atoms with E-state index in [1.807, 2.05) is 13.8 Å². The molecule has 0 aliphatic heterocycles. The van der Waals surface area contributed by atoms with Gasteiger partial charge in [0.2, 0.25) is 5.71 Å². The van der Waals surface area contributed by atoms with E-state index in [2.05, 4.69) is 37.9 Å². The number of aryl methyl sites for hydroxylation is 4. The van der Waals surface area contributed by atoms with E-state index in [0.717, 1.165) is 16.7 Å². The Balaban J connectivity index is 1.92. The first kappa shape index (κ1) is 19.9. The molecule has 0 amide bonds. The summed E-state index contributed by atoms with van der Waals surface area (Å²) in [7, 11) is 1.58. The highest BCUT2D eigenvalue weighted by atomic mass is 16.5. The van der Waals surface area contributed by atoms with Crippen LogP contribution in [-0.2, 0) is 23.8 Å². The van der Waals surface area contributed by atoms with Crippen molar-refractivity contribution in [1.82, 2.24) is 9.55 Å². The van der Waals surface area contributed by atoms with E-state index in [0.29, 0.717) is 5.76 Å². The summed E-state index contributed by atoms with van der Waals surface area (Å²) >= 11 is 0. The number of fused-ring (bicyclic) bond motifs is 1. The summed E-state index contributed by atoms with van der Waals surface area (Å²) in [5, 5.41) is 0.157. The number of aromatic nitrogens is 2. The van der Waals surface area contributed by atoms with E-state index in [4.69, 9.17) is 9.15 Å². The van der Waals surface area contributed by atoms with Gasteiger partial charge < -0.3 is 13.7 Å². The lowest BCUT2D eigenvalue weighted by Crippen LogP contribution is -2.19. The number of carbonyl (C=O) groups is 1. The normalized spacial score (nSPS) is 11.8. The minimum absolute atomic E-state index is 0.0462. The highest BCUT2D eigenvalue weighted by Gasteiger charge is 2.24. The molecule has 3 aromatic rings. The maximum atomic E-state index is 12.8. The van der Waals surface area contributed by atoms with Crippen LogP contribution in [0.3, 0.4) is 0 Å². The lowest BCUT2D eigenvalue weighted by Gasteiger charge is -2.22. The van der Waals surface area contributed by atoms with E-state index < -0.39 is 5.97 Å². The first-order valence-corrected chi connectivity index (χ1v) is 9.23. The highest BCUT2D eigenvalue weighted by molar-refractivity contribution is 6.03. The molecule has 0 saturated heterocycles. The van der Waals surface area contributed by atoms with Gasteiger partial charge in [-0.05, 0) is 48.4 Å². The number of hydrogen-bond donors (Lipinski definition) is 0. The Morgan fingerprint density at radius 3 is 2.36 bits per heavy atom. The van der Waals surface area contributed by atoms with Gasteiger partial charge in [0.05, 0.1) is 0 Å². The summed E-state index contributed by atoms with van der Waals surface area (Å²) in [4.78, 5) is 29.3. The number of nitrogens with zero attached hydrogens (tertiary/aromatic N) is 2. The van der Waals surface area contributed by atoms with Crippen LogP contribution >= 0.6 is 0 Å². The quantitative estimate of drug-likeness (QED) is 0.638. The van der Waals surface area contributed by atoms with Gasteiger partial charge in [-0.15, -0.1) is 0 Å².